The molecule has 0 radical (unpaired) electrons. The molecule has 19 heavy (non-hydrogen) atoms. The quantitative estimate of drug-likeness (QED) is 0.833. The summed E-state index contributed by atoms with van der Waals surface area (Å²) in [6, 6.07) is 17.0. The summed E-state index contributed by atoms with van der Waals surface area (Å²) in [7, 11) is 0. The molecule has 0 amide bonds. The first-order valence-corrected chi connectivity index (χ1v) is 6.44. The average Bonchev–Trinajstić information content (AvgIpc) is 2.38. The molecular weight excluding hydrogens is 234 g/mol. The second-order valence-electron chi connectivity index (χ2n) is 5.62. The third-order valence-electron chi connectivity index (χ3n) is 2.72. The van der Waals surface area contributed by atoms with Crippen molar-refractivity contribution in [3.8, 4) is 0 Å². The van der Waals surface area contributed by atoms with Gasteiger partial charge in [-0.25, -0.2) is 0 Å². The Morgan fingerprint density at radius 1 is 0.895 bits per heavy atom. The molecule has 2 aromatic rings. The van der Waals surface area contributed by atoms with Crippen LogP contribution in [0.15, 0.2) is 54.6 Å². The lowest BCUT2D eigenvalue weighted by atomic mass is 10.00. The summed E-state index contributed by atoms with van der Waals surface area (Å²) in [5.41, 5.74) is 2.23. The molecule has 0 unspecified atom stereocenters. The fourth-order valence-electron chi connectivity index (χ4n) is 1.94. The van der Waals surface area contributed by atoms with Crippen molar-refractivity contribution in [2.75, 3.05) is 5.32 Å². The van der Waals surface area contributed by atoms with Crippen LogP contribution in [0.5, 0.6) is 0 Å². The Kier molecular flexibility index (Phi) is 3.70. The Bertz CT molecular complexity index is 567. The molecule has 2 heteroatoms. The van der Waals surface area contributed by atoms with Crippen LogP contribution in [0, 0.1) is 0 Å². The summed E-state index contributed by atoms with van der Waals surface area (Å²) in [4.78, 5) is 12.5. The first-order chi connectivity index (χ1) is 8.97. The zero-order chi connectivity index (χ0) is 13.9. The third-order valence-corrected chi connectivity index (χ3v) is 2.72. The summed E-state index contributed by atoms with van der Waals surface area (Å²) < 4.78 is 0. The van der Waals surface area contributed by atoms with Gasteiger partial charge in [0, 0.05) is 22.4 Å². The van der Waals surface area contributed by atoms with Gasteiger partial charge in [-0.05, 0) is 32.9 Å². The van der Waals surface area contributed by atoms with Crippen molar-refractivity contribution in [2.45, 2.75) is 26.3 Å². The molecule has 0 aliphatic heterocycles. The number of benzene rings is 2. The number of rotatable bonds is 3. The van der Waals surface area contributed by atoms with Gasteiger partial charge in [0.2, 0.25) is 0 Å². The molecule has 0 atom stereocenters. The third kappa shape index (κ3) is 3.44. The average molecular weight is 253 g/mol. The van der Waals surface area contributed by atoms with Crippen molar-refractivity contribution in [3.63, 3.8) is 0 Å². The fourth-order valence-corrected chi connectivity index (χ4v) is 1.94. The van der Waals surface area contributed by atoms with Gasteiger partial charge in [-0.1, -0.05) is 42.5 Å². The molecule has 0 aliphatic rings. The van der Waals surface area contributed by atoms with Crippen LogP contribution in [0.4, 0.5) is 5.69 Å². The minimum atomic E-state index is -0.0763. The SMILES string of the molecule is CC(C)(C)Nc1ccccc1C(=O)c1ccccc1. The normalized spacial score (nSPS) is 11.1. The first-order valence-electron chi connectivity index (χ1n) is 6.44. The zero-order valence-electron chi connectivity index (χ0n) is 11.6. The van der Waals surface area contributed by atoms with E-state index in [1.165, 1.54) is 0 Å². The number of ketones is 1. The minimum absolute atomic E-state index is 0.0490. The molecule has 0 bridgehead atoms. The van der Waals surface area contributed by atoms with Gasteiger partial charge in [0.05, 0.1) is 0 Å². The number of para-hydroxylation sites is 1. The lowest BCUT2D eigenvalue weighted by molar-refractivity contribution is 0.103. The number of hydrogen-bond donors (Lipinski definition) is 1. The Labute approximate surface area is 114 Å². The Morgan fingerprint density at radius 3 is 2.11 bits per heavy atom. The van der Waals surface area contributed by atoms with Crippen LogP contribution in [-0.4, -0.2) is 11.3 Å². The molecule has 0 fully saturated rings. The topological polar surface area (TPSA) is 29.1 Å². The Hall–Kier alpha value is -2.09. The van der Waals surface area contributed by atoms with Crippen LogP contribution >= 0.6 is 0 Å². The predicted octanol–water partition coefficient (Wildman–Crippen LogP) is 4.13. The summed E-state index contributed by atoms with van der Waals surface area (Å²) >= 11 is 0. The highest BCUT2D eigenvalue weighted by Gasteiger charge is 2.16. The molecule has 0 heterocycles. The monoisotopic (exact) mass is 253 g/mol. The molecule has 0 spiro atoms. The minimum Gasteiger partial charge on any atom is -0.380 e. The van der Waals surface area contributed by atoms with E-state index in [0.29, 0.717) is 11.1 Å². The van der Waals surface area contributed by atoms with Gasteiger partial charge in [0.15, 0.2) is 5.78 Å². The fraction of sp³-hybridized carbons (Fsp3) is 0.235. The van der Waals surface area contributed by atoms with E-state index in [1.54, 1.807) is 0 Å². The maximum atomic E-state index is 12.5. The molecule has 2 aromatic carbocycles. The zero-order valence-corrected chi connectivity index (χ0v) is 11.6. The van der Waals surface area contributed by atoms with Crippen LogP contribution < -0.4 is 5.32 Å². The summed E-state index contributed by atoms with van der Waals surface area (Å²) in [5.74, 6) is 0.0490. The second-order valence-corrected chi connectivity index (χ2v) is 5.62. The van der Waals surface area contributed by atoms with Crippen molar-refractivity contribution in [3.05, 3.63) is 65.7 Å². The maximum absolute atomic E-state index is 12.5. The second kappa shape index (κ2) is 5.27. The summed E-state index contributed by atoms with van der Waals surface area (Å²) in [6.45, 7) is 6.24. The molecule has 98 valence electrons. The number of carbonyl (C=O) groups excluding carboxylic acids is 1. The number of nitrogens with one attached hydrogen (secondary N) is 1. The summed E-state index contributed by atoms with van der Waals surface area (Å²) in [6.07, 6.45) is 0. The van der Waals surface area contributed by atoms with Crippen molar-refractivity contribution in [2.24, 2.45) is 0 Å². The molecule has 0 saturated carbocycles. The molecule has 0 aromatic heterocycles. The van der Waals surface area contributed by atoms with Crippen LogP contribution in [-0.2, 0) is 0 Å². The Balaban J connectivity index is 2.38. The predicted molar refractivity (Wildman–Crippen MR) is 79.7 cm³/mol. The van der Waals surface area contributed by atoms with Crippen LogP contribution in [0.25, 0.3) is 0 Å². The van der Waals surface area contributed by atoms with Crippen LogP contribution in [0.1, 0.15) is 36.7 Å². The lowest BCUT2D eigenvalue weighted by Crippen LogP contribution is -2.27. The largest absolute Gasteiger partial charge is 0.380 e. The van der Waals surface area contributed by atoms with Crippen LogP contribution in [0.3, 0.4) is 0 Å². The van der Waals surface area contributed by atoms with Gasteiger partial charge in [-0.15, -0.1) is 0 Å². The van der Waals surface area contributed by atoms with E-state index < -0.39 is 0 Å². The van der Waals surface area contributed by atoms with Gasteiger partial charge in [-0.2, -0.15) is 0 Å². The highest BCUT2D eigenvalue weighted by Crippen LogP contribution is 2.22. The van der Waals surface area contributed by atoms with E-state index in [9.17, 15) is 4.79 Å². The van der Waals surface area contributed by atoms with Gasteiger partial charge in [0.25, 0.3) is 0 Å². The number of anilines is 1. The summed E-state index contributed by atoms with van der Waals surface area (Å²) in [5, 5.41) is 3.38. The van der Waals surface area contributed by atoms with Crippen molar-refractivity contribution in [1.82, 2.24) is 0 Å². The number of hydrogen-bond acceptors (Lipinski definition) is 2. The van der Waals surface area contributed by atoms with Crippen molar-refractivity contribution >= 4 is 11.5 Å². The Morgan fingerprint density at radius 2 is 1.47 bits per heavy atom. The number of carbonyl (C=O) groups is 1. The highest BCUT2D eigenvalue weighted by atomic mass is 16.1. The highest BCUT2D eigenvalue weighted by molar-refractivity contribution is 6.12. The molecule has 1 N–H and O–H groups in total. The van der Waals surface area contributed by atoms with E-state index in [2.05, 4.69) is 26.1 Å². The van der Waals surface area contributed by atoms with Gasteiger partial charge in [-0.3, -0.25) is 4.79 Å². The maximum Gasteiger partial charge on any atom is 0.195 e. The van der Waals surface area contributed by atoms with E-state index in [1.807, 2.05) is 54.6 Å². The van der Waals surface area contributed by atoms with E-state index >= 15 is 0 Å². The molecule has 0 saturated heterocycles. The van der Waals surface area contributed by atoms with Crippen LogP contribution in [0.2, 0.25) is 0 Å². The van der Waals surface area contributed by atoms with Crippen molar-refractivity contribution < 1.29 is 4.79 Å². The lowest BCUT2D eigenvalue weighted by Gasteiger charge is -2.23. The van der Waals surface area contributed by atoms with Gasteiger partial charge in [0.1, 0.15) is 0 Å². The standard InChI is InChI=1S/C17H19NO/c1-17(2,3)18-15-12-8-7-11-14(15)16(19)13-9-5-4-6-10-13/h4-12,18H,1-3H3. The van der Waals surface area contributed by atoms with E-state index in [4.69, 9.17) is 0 Å². The molecule has 0 aliphatic carbocycles. The van der Waals surface area contributed by atoms with Gasteiger partial charge >= 0.3 is 0 Å². The molecule has 2 rings (SSSR count). The van der Waals surface area contributed by atoms with Crippen molar-refractivity contribution in [1.29, 1.82) is 0 Å². The van der Waals surface area contributed by atoms with E-state index in [0.717, 1.165) is 5.69 Å². The van der Waals surface area contributed by atoms with E-state index in [-0.39, 0.29) is 11.3 Å². The molecular formula is C17H19NO. The smallest absolute Gasteiger partial charge is 0.195 e. The first kappa shape index (κ1) is 13.3. The molecule has 2 nitrogen and oxygen atoms in total. The van der Waals surface area contributed by atoms with Gasteiger partial charge < -0.3 is 5.32 Å².